The van der Waals surface area contributed by atoms with Crippen LogP contribution in [0.15, 0.2) is 24.5 Å². The van der Waals surface area contributed by atoms with Gasteiger partial charge in [-0.15, -0.1) is 0 Å². The Morgan fingerprint density at radius 2 is 2.15 bits per heavy atom. The number of nitrogens with zero attached hydrogens (tertiary/aromatic N) is 2. The first-order valence-electron chi connectivity index (χ1n) is 8.00. The molecule has 2 rings (SSSR count). The third-order valence-corrected chi connectivity index (χ3v) is 5.18. The van der Waals surface area contributed by atoms with Crippen LogP contribution in [0.3, 0.4) is 0 Å². The van der Waals surface area contributed by atoms with Crippen molar-refractivity contribution in [1.29, 1.82) is 0 Å². The second-order valence-electron chi connectivity index (χ2n) is 6.33. The van der Waals surface area contributed by atoms with E-state index in [4.69, 9.17) is 5.73 Å². The Hall–Kier alpha value is -0.930. The van der Waals surface area contributed by atoms with E-state index in [1.165, 1.54) is 37.7 Å². The number of rotatable bonds is 6. The largest absolute Gasteiger partial charge is 0.329 e. The zero-order valence-electron chi connectivity index (χ0n) is 13.0. The molecule has 1 aromatic rings. The first kappa shape index (κ1) is 15.5. The Morgan fingerprint density at radius 3 is 2.80 bits per heavy atom. The number of nitrogens with two attached hydrogens (primary N) is 1. The summed E-state index contributed by atoms with van der Waals surface area (Å²) in [5, 5.41) is 0. The highest BCUT2D eigenvalue weighted by molar-refractivity contribution is 5.10. The molecule has 112 valence electrons. The molecule has 0 radical (unpaired) electrons. The molecule has 0 spiro atoms. The van der Waals surface area contributed by atoms with E-state index in [1.807, 2.05) is 12.4 Å². The monoisotopic (exact) mass is 275 g/mol. The number of pyridine rings is 1. The van der Waals surface area contributed by atoms with Crippen LogP contribution in [0.2, 0.25) is 0 Å². The minimum Gasteiger partial charge on any atom is -0.329 e. The molecule has 0 aliphatic heterocycles. The van der Waals surface area contributed by atoms with Gasteiger partial charge in [0.25, 0.3) is 0 Å². The van der Waals surface area contributed by atoms with E-state index in [9.17, 15) is 0 Å². The van der Waals surface area contributed by atoms with Crippen LogP contribution in [-0.4, -0.2) is 35.6 Å². The molecule has 1 aliphatic carbocycles. The third-order valence-electron chi connectivity index (χ3n) is 5.18. The standard InChI is InChI=1S/C17H29N3/c1-3-15-5-4-9-17(13-15,14-18)20(2)12-8-16-6-10-19-11-7-16/h6-7,10-11,15H,3-5,8-9,12-14,18H2,1-2H3. The highest BCUT2D eigenvalue weighted by Crippen LogP contribution is 2.37. The molecule has 2 N–H and O–H groups in total. The lowest BCUT2D eigenvalue weighted by atomic mass is 9.73. The van der Waals surface area contributed by atoms with E-state index in [0.717, 1.165) is 25.4 Å². The second kappa shape index (κ2) is 7.19. The van der Waals surface area contributed by atoms with Crippen molar-refractivity contribution in [2.45, 2.75) is 51.0 Å². The average Bonchev–Trinajstić information content (AvgIpc) is 2.53. The van der Waals surface area contributed by atoms with Gasteiger partial charge in [-0.2, -0.15) is 0 Å². The fraction of sp³-hybridized carbons (Fsp3) is 0.706. The van der Waals surface area contributed by atoms with Crippen LogP contribution in [0.5, 0.6) is 0 Å². The second-order valence-corrected chi connectivity index (χ2v) is 6.33. The summed E-state index contributed by atoms with van der Waals surface area (Å²) in [4.78, 5) is 6.60. The molecule has 1 aromatic heterocycles. The van der Waals surface area contributed by atoms with Gasteiger partial charge in [0.1, 0.15) is 0 Å². The predicted molar refractivity (Wildman–Crippen MR) is 84.6 cm³/mol. The lowest BCUT2D eigenvalue weighted by Crippen LogP contribution is -2.55. The average molecular weight is 275 g/mol. The first-order chi connectivity index (χ1) is 9.70. The summed E-state index contributed by atoms with van der Waals surface area (Å²) in [6.07, 6.45) is 11.4. The smallest absolute Gasteiger partial charge is 0.0331 e. The van der Waals surface area contributed by atoms with E-state index in [2.05, 4.69) is 36.0 Å². The molecule has 0 saturated heterocycles. The van der Waals surface area contributed by atoms with Gasteiger partial charge >= 0.3 is 0 Å². The van der Waals surface area contributed by atoms with E-state index in [0.29, 0.717) is 0 Å². The normalized spacial score (nSPS) is 26.9. The zero-order valence-corrected chi connectivity index (χ0v) is 13.0. The topological polar surface area (TPSA) is 42.1 Å². The van der Waals surface area contributed by atoms with Gasteiger partial charge in [0.05, 0.1) is 0 Å². The highest BCUT2D eigenvalue weighted by atomic mass is 15.2. The molecule has 0 aromatic carbocycles. The number of hydrogen-bond donors (Lipinski definition) is 1. The number of hydrogen-bond acceptors (Lipinski definition) is 3. The van der Waals surface area contributed by atoms with Gasteiger partial charge in [-0.25, -0.2) is 0 Å². The molecule has 2 unspecified atom stereocenters. The van der Waals surface area contributed by atoms with Crippen LogP contribution in [0.25, 0.3) is 0 Å². The van der Waals surface area contributed by atoms with Gasteiger partial charge in [0.15, 0.2) is 0 Å². The van der Waals surface area contributed by atoms with Crippen molar-refractivity contribution < 1.29 is 0 Å². The van der Waals surface area contributed by atoms with E-state index in [-0.39, 0.29) is 5.54 Å². The Balaban J connectivity index is 1.96. The molecule has 0 bridgehead atoms. The summed E-state index contributed by atoms with van der Waals surface area (Å²) in [7, 11) is 2.26. The fourth-order valence-electron chi connectivity index (χ4n) is 3.58. The lowest BCUT2D eigenvalue weighted by molar-refractivity contribution is 0.0573. The molecule has 1 saturated carbocycles. The Labute approximate surface area is 123 Å². The minimum absolute atomic E-state index is 0.228. The van der Waals surface area contributed by atoms with Gasteiger partial charge < -0.3 is 5.73 Å². The summed E-state index contributed by atoms with van der Waals surface area (Å²) in [5.41, 5.74) is 7.76. The molecular formula is C17H29N3. The summed E-state index contributed by atoms with van der Waals surface area (Å²) in [6, 6.07) is 4.22. The molecule has 3 nitrogen and oxygen atoms in total. The third kappa shape index (κ3) is 3.58. The highest BCUT2D eigenvalue weighted by Gasteiger charge is 2.37. The van der Waals surface area contributed by atoms with Crippen LogP contribution >= 0.6 is 0 Å². The molecule has 1 aliphatic rings. The van der Waals surface area contributed by atoms with E-state index >= 15 is 0 Å². The van der Waals surface area contributed by atoms with Gasteiger partial charge in [-0.05, 0) is 49.9 Å². The van der Waals surface area contributed by atoms with Crippen LogP contribution < -0.4 is 5.73 Å². The molecule has 0 amide bonds. The molecule has 1 fully saturated rings. The predicted octanol–water partition coefficient (Wildman–Crippen LogP) is 2.85. The maximum absolute atomic E-state index is 6.17. The Bertz CT molecular complexity index is 392. The van der Waals surface area contributed by atoms with Crippen LogP contribution in [0.4, 0.5) is 0 Å². The first-order valence-corrected chi connectivity index (χ1v) is 8.00. The SMILES string of the molecule is CCC1CCCC(CN)(N(C)CCc2ccncc2)C1. The minimum atomic E-state index is 0.228. The van der Waals surface area contributed by atoms with Crippen molar-refractivity contribution in [3.63, 3.8) is 0 Å². The molecule has 1 heterocycles. The molecule has 2 atom stereocenters. The maximum Gasteiger partial charge on any atom is 0.0331 e. The summed E-state index contributed by atoms with van der Waals surface area (Å²) in [6.45, 7) is 4.18. The van der Waals surface area contributed by atoms with E-state index < -0.39 is 0 Å². The van der Waals surface area contributed by atoms with Crippen molar-refractivity contribution in [3.8, 4) is 0 Å². The van der Waals surface area contributed by atoms with Gasteiger partial charge in [-0.1, -0.05) is 26.2 Å². The van der Waals surface area contributed by atoms with Crippen LogP contribution in [-0.2, 0) is 6.42 Å². The van der Waals surface area contributed by atoms with Crippen LogP contribution in [0, 0.1) is 5.92 Å². The van der Waals surface area contributed by atoms with Crippen molar-refractivity contribution >= 4 is 0 Å². The van der Waals surface area contributed by atoms with E-state index in [1.54, 1.807) is 0 Å². The molecule has 3 heteroatoms. The summed E-state index contributed by atoms with van der Waals surface area (Å²) < 4.78 is 0. The number of aromatic nitrogens is 1. The molecule has 20 heavy (non-hydrogen) atoms. The van der Waals surface area contributed by atoms with Gasteiger partial charge in [0.2, 0.25) is 0 Å². The Kier molecular flexibility index (Phi) is 5.55. The van der Waals surface area contributed by atoms with Crippen molar-refractivity contribution in [2.75, 3.05) is 20.1 Å². The summed E-state index contributed by atoms with van der Waals surface area (Å²) in [5.74, 6) is 0.857. The zero-order chi connectivity index (χ0) is 14.4. The van der Waals surface area contributed by atoms with Crippen molar-refractivity contribution in [3.05, 3.63) is 30.1 Å². The van der Waals surface area contributed by atoms with Gasteiger partial charge in [0, 0.05) is 31.0 Å². The quantitative estimate of drug-likeness (QED) is 0.868. The Morgan fingerprint density at radius 1 is 1.40 bits per heavy atom. The van der Waals surface area contributed by atoms with Crippen LogP contribution in [0.1, 0.15) is 44.6 Å². The summed E-state index contributed by atoms with van der Waals surface area (Å²) >= 11 is 0. The fourth-order valence-corrected chi connectivity index (χ4v) is 3.58. The van der Waals surface area contributed by atoms with Crippen molar-refractivity contribution in [2.24, 2.45) is 11.7 Å². The van der Waals surface area contributed by atoms with Gasteiger partial charge in [-0.3, -0.25) is 9.88 Å². The molecular weight excluding hydrogens is 246 g/mol. The maximum atomic E-state index is 6.17. The van der Waals surface area contributed by atoms with Crippen molar-refractivity contribution in [1.82, 2.24) is 9.88 Å². The lowest BCUT2D eigenvalue weighted by Gasteiger charge is -2.46. The number of likely N-dealkylation sites (N-methyl/N-ethyl adjacent to an activating group) is 1.